The summed E-state index contributed by atoms with van der Waals surface area (Å²) in [6.45, 7) is 0.764. The third kappa shape index (κ3) is 2.69. The highest BCUT2D eigenvalue weighted by Gasteiger charge is 2.27. The number of halogens is 1. The van der Waals surface area contributed by atoms with Gasteiger partial charge < -0.3 is 10.6 Å². The van der Waals surface area contributed by atoms with Gasteiger partial charge in [0, 0.05) is 34.2 Å². The van der Waals surface area contributed by atoms with Crippen LogP contribution in [0.2, 0.25) is 5.02 Å². The molecule has 0 spiro atoms. The highest BCUT2D eigenvalue weighted by Crippen LogP contribution is 2.34. The number of nitrogens with one attached hydrogen (secondary N) is 2. The number of nitrogens with zero attached hydrogens (tertiary/aromatic N) is 1. The zero-order valence-electron chi connectivity index (χ0n) is 12.9. The van der Waals surface area contributed by atoms with Gasteiger partial charge in [-0.3, -0.25) is 9.78 Å². The van der Waals surface area contributed by atoms with Crippen LogP contribution in [0.3, 0.4) is 0 Å². The standard InChI is InChI=1S/C19H16ClN3O/c20-13-5-6-17-16(9-13)15(7-8-22-17)19(24)23-18-11-21-10-12-3-1-2-4-14(12)18/h1-6,9-11,15,22H,7-8H2,(H,23,24)/t15-/m1/s1. The van der Waals surface area contributed by atoms with Crippen LogP contribution in [0, 0.1) is 0 Å². The van der Waals surface area contributed by atoms with E-state index in [2.05, 4.69) is 15.6 Å². The van der Waals surface area contributed by atoms with Crippen molar-refractivity contribution in [1.29, 1.82) is 0 Å². The molecule has 2 aromatic carbocycles. The molecule has 1 amide bonds. The summed E-state index contributed by atoms with van der Waals surface area (Å²) in [7, 11) is 0. The van der Waals surface area contributed by atoms with Gasteiger partial charge in [-0.1, -0.05) is 35.9 Å². The number of hydrogen-bond acceptors (Lipinski definition) is 3. The molecule has 0 saturated heterocycles. The molecule has 0 bridgehead atoms. The summed E-state index contributed by atoms with van der Waals surface area (Å²) in [6.07, 6.45) is 4.22. The predicted octanol–water partition coefficient (Wildman–Crippen LogP) is 4.43. The molecule has 1 aliphatic heterocycles. The first-order chi connectivity index (χ1) is 11.7. The summed E-state index contributed by atoms with van der Waals surface area (Å²) in [5.41, 5.74) is 2.65. The minimum atomic E-state index is -0.223. The lowest BCUT2D eigenvalue weighted by Crippen LogP contribution is -2.27. The second kappa shape index (κ2) is 6.13. The Morgan fingerprint density at radius 1 is 1.21 bits per heavy atom. The van der Waals surface area contributed by atoms with E-state index in [9.17, 15) is 4.79 Å². The fourth-order valence-corrected chi connectivity index (χ4v) is 3.38. The average molecular weight is 338 g/mol. The summed E-state index contributed by atoms with van der Waals surface area (Å²) in [5, 5.41) is 8.99. The lowest BCUT2D eigenvalue weighted by atomic mass is 9.90. The Morgan fingerprint density at radius 2 is 2.08 bits per heavy atom. The van der Waals surface area contributed by atoms with E-state index in [4.69, 9.17) is 11.6 Å². The summed E-state index contributed by atoms with van der Waals surface area (Å²) in [5.74, 6) is -0.253. The van der Waals surface area contributed by atoms with Crippen LogP contribution in [0.25, 0.3) is 10.8 Å². The molecule has 2 heterocycles. The molecule has 1 atom stereocenters. The quantitative estimate of drug-likeness (QED) is 0.727. The molecule has 24 heavy (non-hydrogen) atoms. The van der Waals surface area contributed by atoms with Gasteiger partial charge in [-0.05, 0) is 30.2 Å². The number of carbonyl (C=O) groups excluding carboxylic acids is 1. The van der Waals surface area contributed by atoms with E-state index in [1.165, 1.54) is 0 Å². The molecule has 0 fully saturated rings. The molecule has 0 aliphatic carbocycles. The second-order valence-corrected chi connectivity index (χ2v) is 6.33. The van der Waals surface area contributed by atoms with Crippen LogP contribution in [-0.2, 0) is 4.79 Å². The number of rotatable bonds is 2. The number of carbonyl (C=O) groups is 1. The molecule has 5 heteroatoms. The molecule has 2 N–H and O–H groups in total. The Balaban J connectivity index is 1.67. The van der Waals surface area contributed by atoms with E-state index in [-0.39, 0.29) is 11.8 Å². The largest absolute Gasteiger partial charge is 0.385 e. The average Bonchev–Trinajstić information content (AvgIpc) is 2.61. The fourth-order valence-electron chi connectivity index (χ4n) is 3.20. The van der Waals surface area contributed by atoms with Crippen molar-refractivity contribution in [2.45, 2.75) is 12.3 Å². The Bertz CT molecular complexity index is 920. The Hall–Kier alpha value is -2.59. The van der Waals surface area contributed by atoms with Gasteiger partial charge in [0.2, 0.25) is 5.91 Å². The van der Waals surface area contributed by atoms with Crippen LogP contribution in [0.5, 0.6) is 0 Å². The van der Waals surface area contributed by atoms with Crippen molar-refractivity contribution in [3.8, 4) is 0 Å². The van der Waals surface area contributed by atoms with E-state index >= 15 is 0 Å². The molecular formula is C19H16ClN3O. The van der Waals surface area contributed by atoms with Crippen LogP contribution >= 0.6 is 11.6 Å². The van der Waals surface area contributed by atoms with Crippen molar-refractivity contribution in [2.24, 2.45) is 0 Å². The maximum Gasteiger partial charge on any atom is 0.232 e. The molecule has 0 radical (unpaired) electrons. The summed E-state index contributed by atoms with van der Waals surface area (Å²) < 4.78 is 0. The SMILES string of the molecule is O=C(Nc1cncc2ccccc12)[C@@H]1CCNc2ccc(Cl)cc21. The lowest BCUT2D eigenvalue weighted by molar-refractivity contribution is -0.117. The van der Waals surface area contributed by atoms with Crippen molar-refractivity contribution in [2.75, 3.05) is 17.2 Å². The maximum absolute atomic E-state index is 12.9. The van der Waals surface area contributed by atoms with E-state index < -0.39 is 0 Å². The molecule has 0 unspecified atom stereocenters. The number of benzene rings is 2. The topological polar surface area (TPSA) is 54.0 Å². The van der Waals surface area contributed by atoms with Gasteiger partial charge in [-0.15, -0.1) is 0 Å². The molecule has 3 aromatic rings. The van der Waals surface area contributed by atoms with Gasteiger partial charge in [0.25, 0.3) is 0 Å². The first kappa shape index (κ1) is 15.0. The number of anilines is 2. The van der Waals surface area contributed by atoms with Crippen LogP contribution < -0.4 is 10.6 Å². The molecule has 4 nitrogen and oxygen atoms in total. The van der Waals surface area contributed by atoms with Gasteiger partial charge in [-0.2, -0.15) is 0 Å². The van der Waals surface area contributed by atoms with Crippen molar-refractivity contribution >= 4 is 39.7 Å². The molecule has 4 rings (SSSR count). The van der Waals surface area contributed by atoms with Crippen molar-refractivity contribution in [3.05, 3.63) is 65.4 Å². The number of aromatic nitrogens is 1. The monoisotopic (exact) mass is 337 g/mol. The lowest BCUT2D eigenvalue weighted by Gasteiger charge is -2.26. The highest BCUT2D eigenvalue weighted by atomic mass is 35.5. The normalized spacial score (nSPS) is 16.3. The minimum absolute atomic E-state index is 0.0295. The zero-order valence-corrected chi connectivity index (χ0v) is 13.7. The van der Waals surface area contributed by atoms with Crippen LogP contribution in [0.15, 0.2) is 54.9 Å². The van der Waals surface area contributed by atoms with Crippen LogP contribution in [0.1, 0.15) is 17.9 Å². The fraction of sp³-hybridized carbons (Fsp3) is 0.158. The Labute approximate surface area is 144 Å². The first-order valence-corrected chi connectivity index (χ1v) is 8.27. The Kier molecular flexibility index (Phi) is 3.82. The van der Waals surface area contributed by atoms with Gasteiger partial charge in [0.15, 0.2) is 0 Å². The zero-order chi connectivity index (χ0) is 16.5. The van der Waals surface area contributed by atoms with E-state index in [1.807, 2.05) is 42.5 Å². The summed E-state index contributed by atoms with van der Waals surface area (Å²) >= 11 is 6.12. The molecule has 0 saturated carbocycles. The van der Waals surface area contributed by atoms with Crippen molar-refractivity contribution < 1.29 is 4.79 Å². The third-order valence-electron chi connectivity index (χ3n) is 4.38. The predicted molar refractivity (Wildman–Crippen MR) is 97.7 cm³/mol. The van der Waals surface area contributed by atoms with Crippen molar-refractivity contribution in [1.82, 2.24) is 4.98 Å². The highest BCUT2D eigenvalue weighted by molar-refractivity contribution is 6.30. The number of amides is 1. The van der Waals surface area contributed by atoms with Crippen LogP contribution in [-0.4, -0.2) is 17.4 Å². The van der Waals surface area contributed by atoms with Crippen molar-refractivity contribution in [3.63, 3.8) is 0 Å². The van der Waals surface area contributed by atoms with Gasteiger partial charge in [0.05, 0.1) is 17.8 Å². The van der Waals surface area contributed by atoms with E-state index in [0.29, 0.717) is 5.02 Å². The van der Waals surface area contributed by atoms with Gasteiger partial charge >= 0.3 is 0 Å². The van der Waals surface area contributed by atoms with E-state index in [1.54, 1.807) is 12.4 Å². The molecule has 120 valence electrons. The smallest absolute Gasteiger partial charge is 0.232 e. The number of fused-ring (bicyclic) bond motifs is 2. The first-order valence-electron chi connectivity index (χ1n) is 7.89. The minimum Gasteiger partial charge on any atom is -0.385 e. The molecule has 1 aromatic heterocycles. The summed E-state index contributed by atoms with van der Waals surface area (Å²) in [6, 6.07) is 13.5. The Morgan fingerprint density at radius 3 is 3.00 bits per heavy atom. The number of hydrogen-bond donors (Lipinski definition) is 2. The van der Waals surface area contributed by atoms with E-state index in [0.717, 1.165) is 40.7 Å². The number of pyridine rings is 1. The van der Waals surface area contributed by atoms with Gasteiger partial charge in [0.1, 0.15) is 0 Å². The van der Waals surface area contributed by atoms with Crippen LogP contribution in [0.4, 0.5) is 11.4 Å². The third-order valence-corrected chi connectivity index (χ3v) is 4.62. The molecule has 1 aliphatic rings. The maximum atomic E-state index is 12.9. The van der Waals surface area contributed by atoms with Gasteiger partial charge in [-0.25, -0.2) is 0 Å². The summed E-state index contributed by atoms with van der Waals surface area (Å²) in [4.78, 5) is 17.1. The second-order valence-electron chi connectivity index (χ2n) is 5.90. The molecular weight excluding hydrogens is 322 g/mol.